The van der Waals surface area contributed by atoms with E-state index in [1.165, 1.54) is 12.1 Å². The molecule has 0 radical (unpaired) electrons. The van der Waals surface area contributed by atoms with E-state index in [2.05, 4.69) is 0 Å². The Labute approximate surface area is 111 Å². The Morgan fingerprint density at radius 2 is 2.26 bits per heavy atom. The maximum atomic E-state index is 12.4. The monoisotopic (exact) mass is 263 g/mol. The van der Waals surface area contributed by atoms with E-state index in [1.54, 1.807) is 17.9 Å². The van der Waals surface area contributed by atoms with Crippen molar-refractivity contribution in [3.8, 4) is 0 Å². The van der Waals surface area contributed by atoms with Crippen molar-refractivity contribution in [3.63, 3.8) is 0 Å². The zero-order valence-corrected chi connectivity index (χ0v) is 10.8. The highest BCUT2D eigenvalue weighted by molar-refractivity contribution is 5.95. The Morgan fingerprint density at radius 1 is 1.53 bits per heavy atom. The van der Waals surface area contributed by atoms with Crippen molar-refractivity contribution in [3.05, 3.63) is 39.4 Å². The average molecular weight is 263 g/mol. The topological polar surface area (TPSA) is 89.5 Å². The first-order valence-electron chi connectivity index (χ1n) is 6.30. The SMILES string of the molecule is Cc1cc(C(=O)N2CCCC2CN)cc([N+](=O)[O-])c1. The highest BCUT2D eigenvalue weighted by Gasteiger charge is 2.29. The highest BCUT2D eigenvalue weighted by Crippen LogP contribution is 2.22. The number of likely N-dealkylation sites (tertiary alicyclic amines) is 1. The molecule has 1 aromatic carbocycles. The number of hydrogen-bond donors (Lipinski definition) is 1. The van der Waals surface area contributed by atoms with Gasteiger partial charge >= 0.3 is 0 Å². The van der Waals surface area contributed by atoms with Gasteiger partial charge in [0.2, 0.25) is 0 Å². The molecule has 0 bridgehead atoms. The second kappa shape index (κ2) is 5.36. The van der Waals surface area contributed by atoms with Gasteiger partial charge in [0.25, 0.3) is 11.6 Å². The van der Waals surface area contributed by atoms with Crippen LogP contribution in [-0.4, -0.2) is 34.9 Å². The van der Waals surface area contributed by atoms with E-state index in [0.29, 0.717) is 24.2 Å². The quantitative estimate of drug-likeness (QED) is 0.660. The van der Waals surface area contributed by atoms with Crippen LogP contribution in [0.3, 0.4) is 0 Å². The lowest BCUT2D eigenvalue weighted by Crippen LogP contribution is -2.39. The number of non-ortho nitro benzene ring substituents is 1. The van der Waals surface area contributed by atoms with E-state index in [1.807, 2.05) is 0 Å². The Morgan fingerprint density at radius 3 is 2.89 bits per heavy atom. The highest BCUT2D eigenvalue weighted by atomic mass is 16.6. The molecule has 0 aliphatic carbocycles. The number of amides is 1. The van der Waals surface area contributed by atoms with Gasteiger partial charge in [0.05, 0.1) is 4.92 Å². The fourth-order valence-electron chi connectivity index (χ4n) is 2.51. The maximum Gasteiger partial charge on any atom is 0.270 e. The number of nitrogens with zero attached hydrogens (tertiary/aromatic N) is 2. The first-order valence-corrected chi connectivity index (χ1v) is 6.30. The minimum Gasteiger partial charge on any atom is -0.334 e. The van der Waals surface area contributed by atoms with Gasteiger partial charge in [-0.05, 0) is 31.4 Å². The number of nitrogens with two attached hydrogens (primary N) is 1. The van der Waals surface area contributed by atoms with Crippen LogP contribution in [0.2, 0.25) is 0 Å². The largest absolute Gasteiger partial charge is 0.334 e. The predicted octanol–water partition coefficient (Wildman–Crippen LogP) is 1.47. The molecule has 6 heteroatoms. The number of nitro groups is 1. The van der Waals surface area contributed by atoms with Gasteiger partial charge in [0, 0.05) is 36.8 Å². The lowest BCUT2D eigenvalue weighted by atomic mass is 10.1. The molecule has 0 spiro atoms. The molecule has 102 valence electrons. The molecule has 1 aromatic rings. The zero-order valence-electron chi connectivity index (χ0n) is 10.8. The summed E-state index contributed by atoms with van der Waals surface area (Å²) in [5.41, 5.74) is 6.67. The van der Waals surface area contributed by atoms with Crippen LogP contribution in [0.4, 0.5) is 5.69 Å². The number of nitro benzene ring substituents is 1. The van der Waals surface area contributed by atoms with Crippen LogP contribution in [0, 0.1) is 17.0 Å². The lowest BCUT2D eigenvalue weighted by molar-refractivity contribution is -0.384. The van der Waals surface area contributed by atoms with Crippen LogP contribution in [0.15, 0.2) is 18.2 Å². The van der Waals surface area contributed by atoms with E-state index >= 15 is 0 Å². The normalized spacial score (nSPS) is 18.6. The van der Waals surface area contributed by atoms with Crippen molar-refractivity contribution in [2.75, 3.05) is 13.1 Å². The molecule has 1 unspecified atom stereocenters. The molecule has 1 aliphatic rings. The van der Waals surface area contributed by atoms with E-state index in [4.69, 9.17) is 5.73 Å². The molecule has 2 rings (SSSR count). The molecular weight excluding hydrogens is 246 g/mol. The number of aryl methyl sites for hydroxylation is 1. The minimum atomic E-state index is -0.478. The van der Waals surface area contributed by atoms with E-state index < -0.39 is 4.92 Å². The summed E-state index contributed by atoms with van der Waals surface area (Å²) in [4.78, 5) is 24.5. The van der Waals surface area contributed by atoms with Gasteiger partial charge in [0.1, 0.15) is 0 Å². The second-order valence-electron chi connectivity index (χ2n) is 4.84. The third-order valence-electron chi connectivity index (χ3n) is 3.43. The summed E-state index contributed by atoms with van der Waals surface area (Å²) < 4.78 is 0. The summed E-state index contributed by atoms with van der Waals surface area (Å²) in [6.45, 7) is 2.84. The van der Waals surface area contributed by atoms with E-state index in [0.717, 1.165) is 12.8 Å². The molecular formula is C13H17N3O3. The molecule has 1 heterocycles. The molecule has 0 saturated carbocycles. The van der Waals surface area contributed by atoms with Crippen molar-refractivity contribution in [1.82, 2.24) is 4.90 Å². The van der Waals surface area contributed by atoms with Gasteiger partial charge in [-0.2, -0.15) is 0 Å². The summed E-state index contributed by atoms with van der Waals surface area (Å²) >= 11 is 0. The molecule has 1 saturated heterocycles. The van der Waals surface area contributed by atoms with Crippen molar-refractivity contribution in [2.24, 2.45) is 5.73 Å². The number of carbonyl (C=O) groups is 1. The van der Waals surface area contributed by atoms with Crippen molar-refractivity contribution >= 4 is 11.6 Å². The molecule has 2 N–H and O–H groups in total. The second-order valence-corrected chi connectivity index (χ2v) is 4.84. The maximum absolute atomic E-state index is 12.4. The Balaban J connectivity index is 2.30. The lowest BCUT2D eigenvalue weighted by Gasteiger charge is -2.23. The van der Waals surface area contributed by atoms with E-state index in [9.17, 15) is 14.9 Å². The third-order valence-corrected chi connectivity index (χ3v) is 3.43. The summed E-state index contributed by atoms with van der Waals surface area (Å²) in [6, 6.07) is 4.52. The van der Waals surface area contributed by atoms with Crippen LogP contribution in [0.5, 0.6) is 0 Å². The standard InChI is InChI=1S/C13H17N3O3/c1-9-5-10(7-12(6-9)16(18)19)13(17)15-4-2-3-11(15)8-14/h5-7,11H,2-4,8,14H2,1H3. The molecule has 0 aromatic heterocycles. The summed E-state index contributed by atoms with van der Waals surface area (Å²) in [6.07, 6.45) is 1.83. The molecule has 1 amide bonds. The Kier molecular flexibility index (Phi) is 3.80. The number of rotatable bonds is 3. The first kappa shape index (κ1) is 13.5. The van der Waals surface area contributed by atoms with Gasteiger partial charge in [-0.1, -0.05) is 0 Å². The van der Waals surface area contributed by atoms with Gasteiger partial charge in [-0.3, -0.25) is 14.9 Å². The molecule has 1 fully saturated rings. The summed E-state index contributed by atoms with van der Waals surface area (Å²) in [5, 5.41) is 10.8. The number of hydrogen-bond acceptors (Lipinski definition) is 4. The van der Waals surface area contributed by atoms with Gasteiger partial charge in [0.15, 0.2) is 0 Å². The fraction of sp³-hybridized carbons (Fsp3) is 0.462. The van der Waals surface area contributed by atoms with Crippen molar-refractivity contribution < 1.29 is 9.72 Å². The van der Waals surface area contributed by atoms with Crippen LogP contribution in [0.1, 0.15) is 28.8 Å². The van der Waals surface area contributed by atoms with E-state index in [-0.39, 0.29) is 17.6 Å². The van der Waals surface area contributed by atoms with Crippen LogP contribution < -0.4 is 5.73 Å². The average Bonchev–Trinajstić information content (AvgIpc) is 2.85. The first-order chi connectivity index (χ1) is 9.02. The van der Waals surface area contributed by atoms with Gasteiger partial charge in [-0.15, -0.1) is 0 Å². The van der Waals surface area contributed by atoms with Crippen molar-refractivity contribution in [1.29, 1.82) is 0 Å². The van der Waals surface area contributed by atoms with Crippen LogP contribution in [-0.2, 0) is 0 Å². The smallest absolute Gasteiger partial charge is 0.270 e. The summed E-state index contributed by atoms with van der Waals surface area (Å²) in [7, 11) is 0. The number of carbonyl (C=O) groups excluding carboxylic acids is 1. The van der Waals surface area contributed by atoms with Gasteiger partial charge < -0.3 is 10.6 Å². The molecule has 6 nitrogen and oxygen atoms in total. The Bertz CT molecular complexity index is 516. The molecule has 19 heavy (non-hydrogen) atoms. The predicted molar refractivity (Wildman–Crippen MR) is 70.9 cm³/mol. The van der Waals surface area contributed by atoms with Crippen LogP contribution in [0.25, 0.3) is 0 Å². The molecule has 1 atom stereocenters. The summed E-state index contributed by atoms with van der Waals surface area (Å²) in [5.74, 6) is -0.167. The fourth-order valence-corrected chi connectivity index (χ4v) is 2.51. The third kappa shape index (κ3) is 2.73. The number of benzene rings is 1. The van der Waals surface area contributed by atoms with Crippen LogP contribution >= 0.6 is 0 Å². The Hall–Kier alpha value is -1.95. The zero-order chi connectivity index (χ0) is 14.0. The van der Waals surface area contributed by atoms with Crippen molar-refractivity contribution in [2.45, 2.75) is 25.8 Å². The molecule has 1 aliphatic heterocycles. The van der Waals surface area contributed by atoms with Gasteiger partial charge in [-0.25, -0.2) is 0 Å². The minimum absolute atomic E-state index is 0.0482.